The van der Waals surface area contributed by atoms with Crippen molar-refractivity contribution in [1.82, 2.24) is 0 Å². The number of hydrogen-bond acceptors (Lipinski definition) is 7. The van der Waals surface area contributed by atoms with E-state index in [-0.39, 0.29) is 5.96 Å². The van der Waals surface area contributed by atoms with E-state index in [1.54, 1.807) is 0 Å². The van der Waals surface area contributed by atoms with E-state index in [0.29, 0.717) is 5.96 Å². The van der Waals surface area contributed by atoms with Crippen LogP contribution in [0.25, 0.3) is 0 Å². The zero-order valence-electron chi connectivity index (χ0n) is 14.8. The summed E-state index contributed by atoms with van der Waals surface area (Å²) in [6.07, 6.45) is 5.34. The van der Waals surface area contributed by atoms with Crippen LogP contribution in [0.5, 0.6) is 0 Å². The Bertz CT molecular complexity index is 737. The van der Waals surface area contributed by atoms with Crippen molar-refractivity contribution in [2.45, 2.75) is 37.8 Å². The number of nitrogens with zero attached hydrogens (tertiary/aromatic N) is 4. The largest absolute Gasteiger partial charge is 0.378 e. The van der Waals surface area contributed by atoms with Crippen LogP contribution >= 0.6 is 15.9 Å². The first-order valence-corrected chi connectivity index (χ1v) is 10.0. The first-order valence-electron chi connectivity index (χ1n) is 9.21. The number of guanidine groups is 2. The van der Waals surface area contributed by atoms with Crippen LogP contribution in [-0.2, 0) is 4.74 Å². The van der Waals surface area contributed by atoms with Gasteiger partial charge in [-0.3, -0.25) is 4.90 Å². The number of ether oxygens (including phenoxy) is 1. The Hall–Kier alpha value is -1.80. The van der Waals surface area contributed by atoms with Gasteiger partial charge in [-0.2, -0.15) is 4.99 Å². The topological polar surface area (TPSA) is 92.5 Å². The van der Waals surface area contributed by atoms with E-state index in [1.165, 1.54) is 12.1 Å². The maximum atomic E-state index is 6.31. The molecular formula is C18H25BrN6O. The summed E-state index contributed by atoms with van der Waals surface area (Å²) in [5.74, 6) is 0.704. The second-order valence-corrected chi connectivity index (χ2v) is 7.91. The molecule has 140 valence electrons. The zero-order chi connectivity index (χ0) is 18.1. The molecule has 0 unspecified atom stereocenters. The Labute approximate surface area is 162 Å². The number of benzene rings is 1. The molecule has 1 saturated carbocycles. The fraction of sp³-hybridized carbons (Fsp3) is 0.556. The van der Waals surface area contributed by atoms with Gasteiger partial charge in [0.15, 0.2) is 0 Å². The van der Waals surface area contributed by atoms with Gasteiger partial charge in [0.1, 0.15) is 5.66 Å². The van der Waals surface area contributed by atoms with Gasteiger partial charge in [0, 0.05) is 23.2 Å². The van der Waals surface area contributed by atoms with Gasteiger partial charge < -0.3 is 21.1 Å². The molecule has 2 fully saturated rings. The van der Waals surface area contributed by atoms with Crippen LogP contribution in [0.15, 0.2) is 32.7 Å². The summed E-state index contributed by atoms with van der Waals surface area (Å²) in [6.45, 7) is 3.32. The minimum absolute atomic E-state index is 0.282. The number of morpholine rings is 1. The number of rotatable bonds is 2. The van der Waals surface area contributed by atoms with Crippen LogP contribution in [0.2, 0.25) is 0 Å². The Morgan fingerprint density at radius 1 is 1.08 bits per heavy atom. The molecule has 0 atom stereocenters. The van der Waals surface area contributed by atoms with E-state index < -0.39 is 5.66 Å². The molecule has 0 radical (unpaired) electrons. The molecule has 2 heterocycles. The smallest absolute Gasteiger partial charge is 0.220 e. The Balaban J connectivity index is 1.68. The van der Waals surface area contributed by atoms with Crippen molar-refractivity contribution in [1.29, 1.82) is 0 Å². The number of anilines is 2. The molecule has 4 rings (SSSR count). The lowest BCUT2D eigenvalue weighted by molar-refractivity contribution is 0.122. The van der Waals surface area contributed by atoms with Gasteiger partial charge in [-0.05, 0) is 59.8 Å². The Kier molecular flexibility index (Phi) is 4.79. The van der Waals surface area contributed by atoms with Gasteiger partial charge in [-0.1, -0.05) is 6.42 Å². The van der Waals surface area contributed by atoms with Crippen molar-refractivity contribution in [3.05, 3.63) is 22.7 Å². The van der Waals surface area contributed by atoms with E-state index in [0.717, 1.165) is 62.1 Å². The van der Waals surface area contributed by atoms with Gasteiger partial charge in [0.25, 0.3) is 0 Å². The summed E-state index contributed by atoms with van der Waals surface area (Å²) >= 11 is 3.74. The average Bonchev–Trinajstić information content (AvgIpc) is 2.62. The van der Waals surface area contributed by atoms with Crippen molar-refractivity contribution in [3.63, 3.8) is 0 Å². The molecule has 1 aliphatic carbocycles. The van der Waals surface area contributed by atoms with Crippen molar-refractivity contribution >= 4 is 39.2 Å². The third-order valence-electron chi connectivity index (χ3n) is 5.39. The lowest BCUT2D eigenvalue weighted by atomic mass is 9.87. The Morgan fingerprint density at radius 3 is 2.50 bits per heavy atom. The van der Waals surface area contributed by atoms with E-state index in [1.807, 2.05) is 0 Å². The molecule has 1 aromatic rings. The first kappa shape index (κ1) is 17.6. The molecule has 26 heavy (non-hydrogen) atoms. The third kappa shape index (κ3) is 3.16. The minimum atomic E-state index is -0.409. The molecular weight excluding hydrogens is 396 g/mol. The van der Waals surface area contributed by atoms with E-state index in [4.69, 9.17) is 21.2 Å². The lowest BCUT2D eigenvalue weighted by Crippen LogP contribution is -2.58. The molecule has 7 nitrogen and oxygen atoms in total. The molecule has 1 aromatic carbocycles. The fourth-order valence-electron chi connectivity index (χ4n) is 4.19. The highest BCUT2D eigenvalue weighted by Crippen LogP contribution is 2.41. The third-order valence-corrected chi connectivity index (χ3v) is 6.03. The van der Waals surface area contributed by atoms with Crippen LogP contribution in [0, 0.1) is 0 Å². The van der Waals surface area contributed by atoms with E-state index in [2.05, 4.69) is 48.9 Å². The van der Waals surface area contributed by atoms with Gasteiger partial charge in [-0.25, -0.2) is 4.99 Å². The quantitative estimate of drug-likeness (QED) is 0.765. The summed E-state index contributed by atoms with van der Waals surface area (Å²) in [6, 6.07) is 6.35. The van der Waals surface area contributed by atoms with Crippen LogP contribution in [0.3, 0.4) is 0 Å². The Morgan fingerprint density at radius 2 is 1.81 bits per heavy atom. The monoisotopic (exact) mass is 420 g/mol. The molecule has 2 aliphatic heterocycles. The van der Waals surface area contributed by atoms with Crippen molar-refractivity contribution in [2.24, 2.45) is 21.5 Å². The summed E-state index contributed by atoms with van der Waals surface area (Å²) in [5.41, 5.74) is 14.0. The number of nitrogens with two attached hydrogens (primary N) is 2. The predicted octanol–water partition coefficient (Wildman–Crippen LogP) is 2.40. The van der Waals surface area contributed by atoms with Crippen LogP contribution < -0.4 is 21.3 Å². The van der Waals surface area contributed by atoms with Crippen molar-refractivity contribution < 1.29 is 4.74 Å². The summed E-state index contributed by atoms with van der Waals surface area (Å²) < 4.78 is 6.50. The summed E-state index contributed by atoms with van der Waals surface area (Å²) in [7, 11) is 0. The first-order chi connectivity index (χ1) is 12.6. The number of halogens is 1. The molecule has 4 N–H and O–H groups in total. The maximum Gasteiger partial charge on any atom is 0.220 e. The van der Waals surface area contributed by atoms with E-state index >= 15 is 0 Å². The molecule has 0 bridgehead atoms. The fourth-order valence-corrected chi connectivity index (χ4v) is 4.81. The molecule has 8 heteroatoms. The van der Waals surface area contributed by atoms with Crippen LogP contribution in [0.1, 0.15) is 32.1 Å². The molecule has 0 amide bonds. The normalized spacial score (nSPS) is 23.0. The highest BCUT2D eigenvalue weighted by molar-refractivity contribution is 9.10. The average molecular weight is 421 g/mol. The maximum absolute atomic E-state index is 6.31. The van der Waals surface area contributed by atoms with Gasteiger partial charge in [-0.15, -0.1) is 0 Å². The summed E-state index contributed by atoms with van der Waals surface area (Å²) in [4.78, 5) is 13.4. The molecule has 0 aromatic heterocycles. The second kappa shape index (κ2) is 7.08. The van der Waals surface area contributed by atoms with Crippen molar-refractivity contribution in [3.8, 4) is 0 Å². The number of aliphatic imine (C=N–C) groups is 2. The molecule has 1 saturated heterocycles. The molecule has 1 spiro atoms. The van der Waals surface area contributed by atoms with Gasteiger partial charge >= 0.3 is 0 Å². The van der Waals surface area contributed by atoms with Gasteiger partial charge in [0.2, 0.25) is 11.9 Å². The molecule has 3 aliphatic rings. The van der Waals surface area contributed by atoms with Crippen molar-refractivity contribution in [2.75, 3.05) is 36.1 Å². The minimum Gasteiger partial charge on any atom is -0.378 e. The lowest BCUT2D eigenvalue weighted by Gasteiger charge is -2.45. The van der Waals surface area contributed by atoms with E-state index in [9.17, 15) is 0 Å². The predicted molar refractivity (Wildman–Crippen MR) is 109 cm³/mol. The highest BCUT2D eigenvalue weighted by atomic mass is 79.9. The summed E-state index contributed by atoms with van der Waals surface area (Å²) in [5, 5.41) is 0. The standard InChI is InChI=1S/C18H25BrN6O/c19-14-12-13(4-5-15(14)24-8-10-26-11-9-24)25-17(21)22-16(20)23-18(25)6-2-1-3-7-18/h4-5,12H,1-3,6-11H2,(H4,20,21,22,23). The zero-order valence-corrected chi connectivity index (χ0v) is 16.4. The second-order valence-electron chi connectivity index (χ2n) is 7.05. The SMILES string of the molecule is NC1=NC2(CCCCC2)N(c2ccc(N3CCOCC3)c(Br)c2)C(N)=N1. The van der Waals surface area contributed by atoms with Crippen LogP contribution in [-0.4, -0.2) is 43.9 Å². The number of hydrogen-bond donors (Lipinski definition) is 2. The highest BCUT2D eigenvalue weighted by Gasteiger charge is 2.42. The van der Waals surface area contributed by atoms with Gasteiger partial charge in [0.05, 0.1) is 18.9 Å². The van der Waals surface area contributed by atoms with Crippen LogP contribution in [0.4, 0.5) is 11.4 Å².